The summed E-state index contributed by atoms with van der Waals surface area (Å²) in [6.45, 7) is 0.169. The first-order valence-corrected chi connectivity index (χ1v) is 7.27. The second-order valence-corrected chi connectivity index (χ2v) is 5.34. The highest BCUT2D eigenvalue weighted by Gasteiger charge is 2.44. The van der Waals surface area contributed by atoms with Gasteiger partial charge in [0, 0.05) is 13.7 Å². The molecule has 3 N–H and O–H groups in total. The summed E-state index contributed by atoms with van der Waals surface area (Å²) in [7, 11) is 1.50. The topological polar surface area (TPSA) is 99.5 Å². The van der Waals surface area contributed by atoms with Crippen LogP contribution < -0.4 is 0 Å². The highest BCUT2D eigenvalue weighted by atomic mass is 32.2. The van der Waals surface area contributed by atoms with Gasteiger partial charge in [-0.25, -0.2) is 4.79 Å². The average molecular weight is 295 g/mol. The van der Waals surface area contributed by atoms with E-state index in [1.165, 1.54) is 23.8 Å². The minimum absolute atomic E-state index is 0.104. The van der Waals surface area contributed by atoms with Crippen LogP contribution >= 0.6 is 11.8 Å². The van der Waals surface area contributed by atoms with Crippen molar-refractivity contribution < 1.29 is 29.6 Å². The van der Waals surface area contributed by atoms with Crippen molar-refractivity contribution in [2.45, 2.75) is 23.5 Å². The Morgan fingerprint density at radius 1 is 1.37 bits per heavy atom. The summed E-state index contributed by atoms with van der Waals surface area (Å²) in [4.78, 5) is 13.1. The maximum atomic E-state index is 11.9. The van der Waals surface area contributed by atoms with E-state index in [1.54, 1.807) is 6.26 Å². The predicted octanol–water partition coefficient (Wildman–Crippen LogP) is -1.10. The van der Waals surface area contributed by atoms with Crippen LogP contribution in [0, 0.1) is 0 Å². The molecule has 0 radical (unpaired) electrons. The van der Waals surface area contributed by atoms with Gasteiger partial charge < -0.3 is 24.8 Å². The number of rotatable bonds is 5. The van der Waals surface area contributed by atoms with Gasteiger partial charge in [-0.3, -0.25) is 4.90 Å². The Bertz CT molecular complexity index is 292. The first kappa shape index (κ1) is 16.5. The van der Waals surface area contributed by atoms with Gasteiger partial charge in [-0.2, -0.15) is 11.8 Å². The molecule has 0 bridgehead atoms. The zero-order valence-corrected chi connectivity index (χ0v) is 11.9. The monoisotopic (exact) mass is 295 g/mol. The second kappa shape index (κ2) is 7.91. The predicted molar refractivity (Wildman–Crippen MR) is 70.1 cm³/mol. The number of aliphatic hydroxyl groups is 3. The fourth-order valence-electron chi connectivity index (χ4n) is 1.99. The quantitative estimate of drug-likeness (QED) is 0.554. The third-order valence-electron chi connectivity index (χ3n) is 3.14. The van der Waals surface area contributed by atoms with Crippen LogP contribution in [-0.4, -0.2) is 89.5 Å². The van der Waals surface area contributed by atoms with Crippen LogP contribution in [0.4, 0.5) is 4.79 Å². The van der Waals surface area contributed by atoms with E-state index in [2.05, 4.69) is 0 Å². The maximum absolute atomic E-state index is 11.9. The molecule has 0 aromatic heterocycles. The fourth-order valence-corrected chi connectivity index (χ4v) is 2.74. The summed E-state index contributed by atoms with van der Waals surface area (Å²) < 4.78 is 9.75. The van der Waals surface area contributed by atoms with Gasteiger partial charge in [-0.1, -0.05) is 0 Å². The second-order valence-electron chi connectivity index (χ2n) is 4.26. The summed E-state index contributed by atoms with van der Waals surface area (Å²) in [5, 5.41) is 28.8. The van der Waals surface area contributed by atoms with Gasteiger partial charge in [-0.05, 0) is 6.26 Å². The van der Waals surface area contributed by atoms with E-state index in [9.17, 15) is 20.1 Å². The molecule has 4 atom stereocenters. The van der Waals surface area contributed by atoms with Crippen molar-refractivity contribution in [1.29, 1.82) is 0 Å². The lowest BCUT2D eigenvalue weighted by molar-refractivity contribution is -0.0809. The number of amides is 1. The van der Waals surface area contributed by atoms with Crippen molar-refractivity contribution >= 4 is 17.9 Å². The summed E-state index contributed by atoms with van der Waals surface area (Å²) in [5.74, 6) is 0. The minimum atomic E-state index is -1.19. The first-order chi connectivity index (χ1) is 9.06. The highest BCUT2D eigenvalue weighted by molar-refractivity contribution is 7.99. The number of aliphatic hydroxyl groups excluding tert-OH is 3. The van der Waals surface area contributed by atoms with Gasteiger partial charge in [-0.15, -0.1) is 0 Å². The Kier molecular flexibility index (Phi) is 6.87. The van der Waals surface area contributed by atoms with E-state index in [0.717, 1.165) is 0 Å². The molecule has 0 spiro atoms. The van der Waals surface area contributed by atoms with Crippen LogP contribution in [0.1, 0.15) is 0 Å². The molecular formula is C11H21NO6S. The Hall–Kier alpha value is -0.540. The minimum Gasteiger partial charge on any atom is -0.447 e. The number of thioether (sulfide) groups is 1. The number of hydrogen-bond donors (Lipinski definition) is 3. The molecule has 8 heteroatoms. The van der Waals surface area contributed by atoms with Crippen LogP contribution in [0.25, 0.3) is 0 Å². The molecule has 1 fully saturated rings. The van der Waals surface area contributed by atoms with Crippen molar-refractivity contribution in [3.63, 3.8) is 0 Å². The number of hydrogen-bond acceptors (Lipinski definition) is 7. The SMILES string of the molecule is COCCOC(=O)N1C[C@H](SC)[C@@H](O)[C@H](O)[C@H]1CO. The molecule has 19 heavy (non-hydrogen) atoms. The number of piperidine rings is 1. The van der Waals surface area contributed by atoms with E-state index in [0.29, 0.717) is 0 Å². The number of carbonyl (C=O) groups is 1. The highest BCUT2D eigenvalue weighted by Crippen LogP contribution is 2.26. The Labute approximate surface area is 116 Å². The summed E-state index contributed by atoms with van der Waals surface area (Å²) in [6.07, 6.45) is -1.00. The van der Waals surface area contributed by atoms with Gasteiger partial charge in [0.05, 0.1) is 30.6 Å². The standard InChI is InChI=1S/C11H21NO6S/c1-17-3-4-18-11(16)12-5-8(19-2)10(15)9(14)7(12)6-13/h7-10,13-15H,3-6H2,1-2H3/t7-,8+,9-,10-/m1/s1. The zero-order chi connectivity index (χ0) is 14.4. The van der Waals surface area contributed by atoms with E-state index in [4.69, 9.17) is 9.47 Å². The summed E-state index contributed by atoms with van der Waals surface area (Å²) >= 11 is 1.35. The van der Waals surface area contributed by atoms with Crippen LogP contribution in [0.2, 0.25) is 0 Å². The molecule has 1 aliphatic rings. The van der Waals surface area contributed by atoms with Gasteiger partial charge in [0.15, 0.2) is 0 Å². The number of likely N-dealkylation sites (tertiary alicyclic amines) is 1. The first-order valence-electron chi connectivity index (χ1n) is 5.98. The van der Waals surface area contributed by atoms with Crippen LogP contribution in [0.5, 0.6) is 0 Å². The van der Waals surface area contributed by atoms with Crippen molar-refractivity contribution in [3.05, 3.63) is 0 Å². The van der Waals surface area contributed by atoms with Crippen molar-refractivity contribution in [3.8, 4) is 0 Å². The van der Waals surface area contributed by atoms with Crippen molar-refractivity contribution in [1.82, 2.24) is 4.90 Å². The lowest BCUT2D eigenvalue weighted by Crippen LogP contribution is -2.63. The van der Waals surface area contributed by atoms with Gasteiger partial charge >= 0.3 is 6.09 Å². The largest absolute Gasteiger partial charge is 0.447 e. The molecular weight excluding hydrogens is 274 g/mol. The van der Waals surface area contributed by atoms with E-state index < -0.39 is 30.9 Å². The number of nitrogens with zero attached hydrogens (tertiary/aromatic N) is 1. The molecule has 0 aliphatic carbocycles. The van der Waals surface area contributed by atoms with Gasteiger partial charge in [0.1, 0.15) is 12.7 Å². The lowest BCUT2D eigenvalue weighted by Gasteiger charge is -2.43. The Morgan fingerprint density at radius 3 is 2.58 bits per heavy atom. The molecule has 112 valence electrons. The van der Waals surface area contributed by atoms with Gasteiger partial charge in [0.2, 0.25) is 0 Å². The number of ether oxygens (including phenoxy) is 2. The zero-order valence-electron chi connectivity index (χ0n) is 11.1. The van der Waals surface area contributed by atoms with Crippen LogP contribution in [-0.2, 0) is 9.47 Å². The number of methoxy groups -OCH3 is 1. The van der Waals surface area contributed by atoms with E-state index >= 15 is 0 Å². The smallest absolute Gasteiger partial charge is 0.410 e. The van der Waals surface area contributed by atoms with Crippen molar-refractivity contribution in [2.75, 3.05) is 39.7 Å². The summed E-state index contributed by atoms with van der Waals surface area (Å²) in [6, 6.07) is -0.853. The molecule has 0 aromatic carbocycles. The molecule has 7 nitrogen and oxygen atoms in total. The third kappa shape index (κ3) is 3.96. The molecule has 1 heterocycles. The van der Waals surface area contributed by atoms with Gasteiger partial charge in [0.25, 0.3) is 0 Å². The lowest BCUT2D eigenvalue weighted by atomic mass is 9.96. The van der Waals surface area contributed by atoms with Crippen LogP contribution in [0.3, 0.4) is 0 Å². The molecule has 1 saturated heterocycles. The third-order valence-corrected chi connectivity index (χ3v) is 4.17. The average Bonchev–Trinajstić information content (AvgIpc) is 2.41. The molecule has 1 aliphatic heterocycles. The number of carbonyl (C=O) groups excluding carboxylic acids is 1. The van der Waals surface area contributed by atoms with Crippen molar-refractivity contribution in [2.24, 2.45) is 0 Å². The normalized spacial score (nSPS) is 31.3. The molecule has 0 unspecified atom stereocenters. The Balaban J connectivity index is 2.69. The molecule has 1 amide bonds. The maximum Gasteiger partial charge on any atom is 0.410 e. The summed E-state index contributed by atoms with van der Waals surface area (Å²) in [5.41, 5.74) is 0. The molecule has 0 aromatic rings. The Morgan fingerprint density at radius 2 is 2.05 bits per heavy atom. The van der Waals surface area contributed by atoms with Crippen LogP contribution in [0.15, 0.2) is 0 Å². The van der Waals surface area contributed by atoms with E-state index in [1.807, 2.05) is 0 Å². The molecule has 1 rings (SSSR count). The van der Waals surface area contributed by atoms with E-state index in [-0.39, 0.29) is 25.0 Å². The molecule has 0 saturated carbocycles. The fraction of sp³-hybridized carbons (Fsp3) is 0.909.